The van der Waals surface area contributed by atoms with Crippen molar-refractivity contribution in [1.29, 1.82) is 0 Å². The summed E-state index contributed by atoms with van der Waals surface area (Å²) in [5.74, 6) is 1.21. The molecule has 1 aromatic heterocycles. The Morgan fingerprint density at radius 2 is 2.38 bits per heavy atom. The van der Waals surface area contributed by atoms with Crippen molar-refractivity contribution in [1.82, 2.24) is 15.0 Å². The molecule has 3 heterocycles. The largest absolute Gasteiger partial charge is 0.489 e. The highest BCUT2D eigenvalue weighted by Gasteiger charge is 2.36. The molecule has 7 heteroatoms. The molecule has 0 spiro atoms. The number of amides is 1. The molecule has 1 atom stereocenters. The second kappa shape index (κ2) is 6.26. The quantitative estimate of drug-likeness (QED) is 0.807. The van der Waals surface area contributed by atoms with E-state index in [1.54, 1.807) is 11.2 Å². The monoisotopic (exact) mass is 293 g/mol. The summed E-state index contributed by atoms with van der Waals surface area (Å²) in [6.07, 6.45) is 5.62. The molecule has 1 aromatic rings. The molecule has 2 aliphatic rings. The summed E-state index contributed by atoms with van der Waals surface area (Å²) in [5.41, 5.74) is 0. The van der Waals surface area contributed by atoms with Gasteiger partial charge in [0.1, 0.15) is 6.61 Å². The number of likely N-dealkylation sites (tertiary alicyclic amines) is 1. The Morgan fingerprint density at radius 1 is 1.52 bits per heavy atom. The lowest BCUT2D eigenvalue weighted by atomic mass is 10.1. The molecule has 3 rings (SSSR count). The van der Waals surface area contributed by atoms with Gasteiger partial charge in [-0.05, 0) is 18.9 Å². The zero-order valence-corrected chi connectivity index (χ0v) is 12.0. The first kappa shape index (κ1) is 14.1. The van der Waals surface area contributed by atoms with Crippen LogP contribution in [0, 0.1) is 0 Å². The van der Waals surface area contributed by atoms with Gasteiger partial charge in [-0.25, -0.2) is 0 Å². The van der Waals surface area contributed by atoms with Crippen LogP contribution in [0.15, 0.2) is 16.9 Å². The maximum Gasteiger partial charge on any atom is 0.263 e. The minimum absolute atomic E-state index is 0.0325. The average Bonchev–Trinajstić information content (AvgIpc) is 2.94. The summed E-state index contributed by atoms with van der Waals surface area (Å²) in [7, 11) is 0. The van der Waals surface area contributed by atoms with E-state index in [1.807, 2.05) is 13.0 Å². The van der Waals surface area contributed by atoms with Gasteiger partial charge >= 0.3 is 0 Å². The van der Waals surface area contributed by atoms with Crippen LogP contribution in [0.3, 0.4) is 0 Å². The molecule has 0 bridgehead atoms. The Hall–Kier alpha value is -1.89. The van der Waals surface area contributed by atoms with Crippen LogP contribution in [0.4, 0.5) is 0 Å². The topological polar surface area (TPSA) is 77.7 Å². The Labute approximate surface area is 122 Å². The number of hydrogen-bond donors (Lipinski definition) is 0. The number of carbonyl (C=O) groups excluding carboxylic acids is 1. The molecule has 1 fully saturated rings. The number of hydrogen-bond acceptors (Lipinski definition) is 6. The predicted octanol–water partition coefficient (Wildman–Crippen LogP) is 1.05. The van der Waals surface area contributed by atoms with Crippen LogP contribution in [0.5, 0.6) is 0 Å². The average molecular weight is 293 g/mol. The van der Waals surface area contributed by atoms with E-state index in [2.05, 4.69) is 10.1 Å². The smallest absolute Gasteiger partial charge is 0.263 e. The van der Waals surface area contributed by atoms with Gasteiger partial charge in [-0.1, -0.05) is 12.1 Å². The highest BCUT2D eigenvalue weighted by molar-refractivity contribution is 5.82. The summed E-state index contributed by atoms with van der Waals surface area (Å²) in [6.45, 7) is 3.45. The Morgan fingerprint density at radius 3 is 3.05 bits per heavy atom. The summed E-state index contributed by atoms with van der Waals surface area (Å²) in [6, 6.07) is 0. The number of nitrogens with zero attached hydrogens (tertiary/aromatic N) is 3. The molecule has 1 saturated heterocycles. The molecule has 0 aliphatic carbocycles. The van der Waals surface area contributed by atoms with Crippen molar-refractivity contribution >= 4 is 5.91 Å². The van der Waals surface area contributed by atoms with Crippen LogP contribution in [0.1, 0.15) is 31.5 Å². The summed E-state index contributed by atoms with van der Waals surface area (Å²) >= 11 is 0. The van der Waals surface area contributed by atoms with Crippen LogP contribution < -0.4 is 0 Å². The Balaban J connectivity index is 1.39. The fourth-order valence-corrected chi connectivity index (χ4v) is 2.32. The first-order chi connectivity index (χ1) is 10.3. The minimum atomic E-state index is -0.334. The van der Waals surface area contributed by atoms with E-state index in [1.165, 1.54) is 0 Å². The number of aryl methyl sites for hydroxylation is 1. The van der Waals surface area contributed by atoms with Crippen molar-refractivity contribution in [3.8, 4) is 0 Å². The molecule has 0 radical (unpaired) electrons. The van der Waals surface area contributed by atoms with Gasteiger partial charge in [0.15, 0.2) is 11.9 Å². The molecule has 0 saturated carbocycles. The van der Waals surface area contributed by atoms with Gasteiger partial charge in [0.25, 0.3) is 11.8 Å². The molecule has 21 heavy (non-hydrogen) atoms. The molecule has 114 valence electrons. The maximum atomic E-state index is 12.1. The Kier molecular flexibility index (Phi) is 4.19. The van der Waals surface area contributed by atoms with Crippen LogP contribution in [0.2, 0.25) is 0 Å². The van der Waals surface area contributed by atoms with E-state index in [0.29, 0.717) is 31.4 Å². The maximum absolute atomic E-state index is 12.1. The minimum Gasteiger partial charge on any atom is -0.489 e. The molecular weight excluding hydrogens is 274 g/mol. The molecule has 0 aromatic carbocycles. The lowest BCUT2D eigenvalue weighted by Crippen LogP contribution is -2.57. The van der Waals surface area contributed by atoms with E-state index in [4.69, 9.17) is 14.0 Å². The first-order valence-corrected chi connectivity index (χ1v) is 7.28. The van der Waals surface area contributed by atoms with E-state index in [-0.39, 0.29) is 18.1 Å². The fourth-order valence-electron chi connectivity index (χ4n) is 2.32. The number of allylic oxidation sites excluding steroid dienone is 1. The third-order valence-corrected chi connectivity index (χ3v) is 3.64. The predicted molar refractivity (Wildman–Crippen MR) is 72.1 cm³/mol. The van der Waals surface area contributed by atoms with Crippen molar-refractivity contribution in [3.05, 3.63) is 24.1 Å². The van der Waals surface area contributed by atoms with E-state index in [9.17, 15) is 4.79 Å². The SMILES string of the molecule is CCc1noc(COC2CN(C(=O)C3CCC=CO3)C2)n1. The molecule has 1 unspecified atom stereocenters. The van der Waals surface area contributed by atoms with Crippen LogP contribution in [-0.4, -0.2) is 46.2 Å². The number of carbonyl (C=O) groups is 1. The summed E-state index contributed by atoms with van der Waals surface area (Å²) < 4.78 is 16.0. The van der Waals surface area contributed by atoms with Gasteiger partial charge < -0.3 is 18.9 Å². The highest BCUT2D eigenvalue weighted by atomic mass is 16.5. The third kappa shape index (κ3) is 3.24. The van der Waals surface area contributed by atoms with Gasteiger partial charge in [-0.2, -0.15) is 4.98 Å². The van der Waals surface area contributed by atoms with Crippen molar-refractivity contribution in [2.24, 2.45) is 0 Å². The van der Waals surface area contributed by atoms with Gasteiger partial charge in [0.2, 0.25) is 0 Å². The number of rotatable bonds is 5. The lowest BCUT2D eigenvalue weighted by Gasteiger charge is -2.40. The normalized spacial score (nSPS) is 22.0. The lowest BCUT2D eigenvalue weighted by molar-refractivity contribution is -0.156. The Bertz CT molecular complexity index is 522. The van der Waals surface area contributed by atoms with Gasteiger partial charge in [-0.3, -0.25) is 4.79 Å². The first-order valence-electron chi connectivity index (χ1n) is 7.28. The molecule has 7 nitrogen and oxygen atoms in total. The highest BCUT2D eigenvalue weighted by Crippen LogP contribution is 2.19. The van der Waals surface area contributed by atoms with E-state index in [0.717, 1.165) is 19.3 Å². The van der Waals surface area contributed by atoms with Crippen molar-refractivity contribution in [2.75, 3.05) is 13.1 Å². The number of aromatic nitrogens is 2. The van der Waals surface area contributed by atoms with E-state index < -0.39 is 0 Å². The summed E-state index contributed by atoms with van der Waals surface area (Å²) in [4.78, 5) is 18.1. The fraction of sp³-hybridized carbons (Fsp3) is 0.643. The second-order valence-electron chi connectivity index (χ2n) is 5.21. The second-order valence-corrected chi connectivity index (χ2v) is 5.21. The third-order valence-electron chi connectivity index (χ3n) is 3.64. The molecule has 0 N–H and O–H groups in total. The van der Waals surface area contributed by atoms with Gasteiger partial charge in [0, 0.05) is 19.5 Å². The zero-order chi connectivity index (χ0) is 14.7. The summed E-state index contributed by atoms with van der Waals surface area (Å²) in [5, 5.41) is 3.81. The molecular formula is C14H19N3O4. The molecule has 1 amide bonds. The van der Waals surface area contributed by atoms with Gasteiger partial charge in [-0.15, -0.1) is 0 Å². The molecule has 2 aliphatic heterocycles. The van der Waals surface area contributed by atoms with Crippen molar-refractivity contribution in [3.63, 3.8) is 0 Å². The standard InChI is InChI=1S/C14H19N3O4/c1-2-12-15-13(21-16-12)9-20-10-7-17(8-10)14(18)11-5-3-4-6-19-11/h4,6,10-11H,2-3,5,7-9H2,1H3. The van der Waals surface area contributed by atoms with Gasteiger partial charge in [0.05, 0.1) is 12.4 Å². The zero-order valence-electron chi connectivity index (χ0n) is 12.0. The van der Waals surface area contributed by atoms with Crippen LogP contribution >= 0.6 is 0 Å². The van der Waals surface area contributed by atoms with Crippen molar-refractivity contribution < 1.29 is 18.8 Å². The van der Waals surface area contributed by atoms with E-state index >= 15 is 0 Å². The number of ether oxygens (including phenoxy) is 2. The van der Waals surface area contributed by atoms with Crippen molar-refractivity contribution in [2.45, 2.75) is 45.0 Å². The van der Waals surface area contributed by atoms with Crippen LogP contribution in [0.25, 0.3) is 0 Å². The van der Waals surface area contributed by atoms with Crippen LogP contribution in [-0.2, 0) is 27.3 Å².